The van der Waals surface area contributed by atoms with Gasteiger partial charge in [-0.2, -0.15) is 0 Å². The molecule has 1 saturated carbocycles. The Morgan fingerprint density at radius 1 is 1.21 bits per heavy atom. The minimum atomic E-state index is -0.342. The summed E-state index contributed by atoms with van der Waals surface area (Å²) >= 11 is 0. The van der Waals surface area contributed by atoms with Crippen LogP contribution in [0.1, 0.15) is 44.6 Å². The van der Waals surface area contributed by atoms with Crippen LogP contribution in [0.4, 0.5) is 8.78 Å². The molecule has 0 aliphatic heterocycles. The molecule has 2 rings (SSSR count). The maximum Gasteiger partial charge on any atom is 0.126 e. The van der Waals surface area contributed by atoms with Gasteiger partial charge in [0.25, 0.3) is 0 Å². The van der Waals surface area contributed by atoms with Crippen molar-refractivity contribution in [3.63, 3.8) is 0 Å². The van der Waals surface area contributed by atoms with E-state index in [2.05, 4.69) is 12.2 Å². The van der Waals surface area contributed by atoms with Gasteiger partial charge in [0.1, 0.15) is 11.6 Å². The second-order valence-corrected chi connectivity index (χ2v) is 5.55. The van der Waals surface area contributed by atoms with Crippen LogP contribution in [0.3, 0.4) is 0 Å². The lowest BCUT2D eigenvalue weighted by molar-refractivity contribution is 0.259. The molecule has 0 radical (unpaired) electrons. The largest absolute Gasteiger partial charge is 0.314 e. The van der Waals surface area contributed by atoms with Crippen molar-refractivity contribution < 1.29 is 8.78 Å². The molecule has 1 N–H and O–H groups in total. The third-order valence-corrected chi connectivity index (χ3v) is 4.06. The predicted octanol–water partition coefficient (Wildman–Crippen LogP) is 4.07. The van der Waals surface area contributed by atoms with E-state index in [1.165, 1.54) is 31.0 Å². The molecular formula is C16H23F2N. The monoisotopic (exact) mass is 267 g/mol. The van der Waals surface area contributed by atoms with E-state index in [0.29, 0.717) is 23.9 Å². The summed E-state index contributed by atoms with van der Waals surface area (Å²) in [7, 11) is 0. The highest BCUT2D eigenvalue weighted by Gasteiger charge is 2.25. The van der Waals surface area contributed by atoms with Crippen LogP contribution in [-0.2, 0) is 6.42 Å². The minimum absolute atomic E-state index is 0.277. The Hall–Kier alpha value is -0.960. The summed E-state index contributed by atoms with van der Waals surface area (Å²) in [5.74, 6) is -0.192. The van der Waals surface area contributed by atoms with Gasteiger partial charge in [-0.25, -0.2) is 8.78 Å². The van der Waals surface area contributed by atoms with Crippen LogP contribution in [0.15, 0.2) is 18.2 Å². The van der Waals surface area contributed by atoms with Gasteiger partial charge in [-0.3, -0.25) is 0 Å². The van der Waals surface area contributed by atoms with Gasteiger partial charge < -0.3 is 5.32 Å². The molecule has 2 unspecified atom stereocenters. The topological polar surface area (TPSA) is 12.0 Å². The summed E-state index contributed by atoms with van der Waals surface area (Å²) in [5, 5.41) is 3.56. The van der Waals surface area contributed by atoms with E-state index in [0.717, 1.165) is 25.8 Å². The zero-order valence-corrected chi connectivity index (χ0v) is 11.6. The van der Waals surface area contributed by atoms with Crippen LogP contribution >= 0.6 is 0 Å². The van der Waals surface area contributed by atoms with Crippen LogP contribution in [0.25, 0.3) is 0 Å². The van der Waals surface area contributed by atoms with Gasteiger partial charge in [-0.1, -0.05) is 19.8 Å². The summed E-state index contributed by atoms with van der Waals surface area (Å²) in [6, 6.07) is 4.23. The van der Waals surface area contributed by atoms with E-state index < -0.39 is 0 Å². The summed E-state index contributed by atoms with van der Waals surface area (Å²) in [4.78, 5) is 0. The normalized spacial score (nSPS) is 23.5. The molecule has 3 heteroatoms. The maximum atomic E-state index is 13.7. The van der Waals surface area contributed by atoms with Crippen LogP contribution in [-0.4, -0.2) is 12.6 Å². The molecule has 0 spiro atoms. The first-order valence-electron chi connectivity index (χ1n) is 7.38. The molecular weight excluding hydrogens is 244 g/mol. The number of halogens is 2. The van der Waals surface area contributed by atoms with Crippen LogP contribution in [0.5, 0.6) is 0 Å². The molecule has 106 valence electrons. The molecule has 2 atom stereocenters. The highest BCUT2D eigenvalue weighted by atomic mass is 19.1. The quantitative estimate of drug-likeness (QED) is 0.848. The number of hydrogen-bond acceptors (Lipinski definition) is 1. The molecule has 1 aliphatic rings. The van der Waals surface area contributed by atoms with E-state index in [1.807, 2.05) is 0 Å². The average molecular weight is 267 g/mol. The van der Waals surface area contributed by atoms with Crippen molar-refractivity contribution in [1.82, 2.24) is 5.32 Å². The fraction of sp³-hybridized carbons (Fsp3) is 0.625. The Labute approximate surface area is 114 Å². The highest BCUT2D eigenvalue weighted by molar-refractivity contribution is 5.19. The fourth-order valence-corrected chi connectivity index (χ4v) is 3.03. The third-order valence-electron chi connectivity index (χ3n) is 4.06. The van der Waals surface area contributed by atoms with Crippen LogP contribution in [0, 0.1) is 17.6 Å². The standard InChI is InChI=1S/C16H23F2N/c1-2-9-19-16-6-4-3-5-12(16)10-13-11-14(17)7-8-15(13)18/h7-8,11-12,16,19H,2-6,9-10H2,1H3. The van der Waals surface area contributed by atoms with E-state index in [9.17, 15) is 8.78 Å². The number of nitrogens with one attached hydrogen (secondary N) is 1. The fourth-order valence-electron chi connectivity index (χ4n) is 3.03. The Kier molecular flexibility index (Phi) is 5.32. The Morgan fingerprint density at radius 3 is 2.79 bits per heavy atom. The molecule has 1 aromatic carbocycles. The van der Waals surface area contributed by atoms with E-state index in [1.54, 1.807) is 0 Å². The predicted molar refractivity (Wildman–Crippen MR) is 74.1 cm³/mol. The number of rotatable bonds is 5. The van der Waals surface area contributed by atoms with E-state index in [-0.39, 0.29) is 11.6 Å². The first-order chi connectivity index (χ1) is 9.20. The first kappa shape index (κ1) is 14.4. The van der Waals surface area contributed by atoms with Gasteiger partial charge in [0, 0.05) is 6.04 Å². The molecule has 0 aromatic heterocycles. The number of benzene rings is 1. The Morgan fingerprint density at radius 2 is 2.00 bits per heavy atom. The summed E-state index contributed by atoms with van der Waals surface area (Å²) < 4.78 is 26.9. The van der Waals surface area contributed by atoms with Gasteiger partial charge in [-0.15, -0.1) is 0 Å². The van der Waals surface area contributed by atoms with Gasteiger partial charge in [0.05, 0.1) is 0 Å². The van der Waals surface area contributed by atoms with Crippen molar-refractivity contribution in [2.45, 2.75) is 51.5 Å². The van der Waals surface area contributed by atoms with Gasteiger partial charge in [0.15, 0.2) is 0 Å². The summed E-state index contributed by atoms with van der Waals surface area (Å²) in [5.41, 5.74) is 0.523. The second kappa shape index (κ2) is 6.99. The van der Waals surface area contributed by atoms with Crippen LogP contribution < -0.4 is 5.32 Å². The lowest BCUT2D eigenvalue weighted by Gasteiger charge is -2.32. The zero-order valence-electron chi connectivity index (χ0n) is 11.6. The maximum absolute atomic E-state index is 13.7. The van der Waals surface area contributed by atoms with Crippen molar-refractivity contribution in [2.75, 3.05) is 6.54 Å². The van der Waals surface area contributed by atoms with Crippen molar-refractivity contribution >= 4 is 0 Å². The highest BCUT2D eigenvalue weighted by Crippen LogP contribution is 2.28. The average Bonchev–Trinajstić information content (AvgIpc) is 2.42. The minimum Gasteiger partial charge on any atom is -0.314 e. The molecule has 0 saturated heterocycles. The molecule has 1 nitrogen and oxygen atoms in total. The first-order valence-corrected chi connectivity index (χ1v) is 7.38. The van der Waals surface area contributed by atoms with Crippen molar-refractivity contribution in [3.8, 4) is 0 Å². The van der Waals surface area contributed by atoms with Gasteiger partial charge in [0.2, 0.25) is 0 Å². The Bertz CT molecular complexity index is 406. The second-order valence-electron chi connectivity index (χ2n) is 5.55. The molecule has 1 aliphatic carbocycles. The molecule has 0 bridgehead atoms. The smallest absolute Gasteiger partial charge is 0.126 e. The molecule has 0 amide bonds. The van der Waals surface area contributed by atoms with E-state index in [4.69, 9.17) is 0 Å². The molecule has 1 fully saturated rings. The SMILES string of the molecule is CCCNC1CCCCC1Cc1cc(F)ccc1F. The van der Waals surface area contributed by atoms with Crippen molar-refractivity contribution in [3.05, 3.63) is 35.4 Å². The zero-order chi connectivity index (χ0) is 13.7. The third kappa shape index (κ3) is 4.00. The molecule has 1 aromatic rings. The number of hydrogen-bond donors (Lipinski definition) is 1. The van der Waals surface area contributed by atoms with Gasteiger partial charge >= 0.3 is 0 Å². The molecule has 19 heavy (non-hydrogen) atoms. The van der Waals surface area contributed by atoms with E-state index >= 15 is 0 Å². The van der Waals surface area contributed by atoms with Crippen LogP contribution in [0.2, 0.25) is 0 Å². The molecule has 0 heterocycles. The summed E-state index contributed by atoms with van der Waals surface area (Å²) in [6.07, 6.45) is 6.46. The Balaban J connectivity index is 2.04. The van der Waals surface area contributed by atoms with Gasteiger partial charge in [-0.05, 0) is 61.9 Å². The lowest BCUT2D eigenvalue weighted by Crippen LogP contribution is -2.40. The summed E-state index contributed by atoms with van der Waals surface area (Å²) in [6.45, 7) is 3.16. The lowest BCUT2D eigenvalue weighted by atomic mass is 9.80. The van der Waals surface area contributed by atoms with Crippen molar-refractivity contribution in [2.24, 2.45) is 5.92 Å². The van der Waals surface area contributed by atoms with Crippen molar-refractivity contribution in [1.29, 1.82) is 0 Å².